The van der Waals surface area contributed by atoms with Crippen LogP contribution in [-0.2, 0) is 4.79 Å². The Morgan fingerprint density at radius 3 is 2.55 bits per heavy atom. The van der Waals surface area contributed by atoms with Crippen molar-refractivity contribution in [1.29, 1.82) is 0 Å². The molecule has 1 fully saturated rings. The number of piperazine rings is 1. The Hall–Kier alpha value is -1.88. The van der Waals surface area contributed by atoms with E-state index < -0.39 is 0 Å². The minimum Gasteiger partial charge on any atom is -0.484 e. The zero-order valence-electron chi connectivity index (χ0n) is 12.0. The topological polar surface area (TPSA) is 49.9 Å². The van der Waals surface area contributed by atoms with Crippen molar-refractivity contribution in [2.45, 2.75) is 6.92 Å². The Kier molecular flexibility index (Phi) is 4.74. The Morgan fingerprint density at radius 2 is 1.90 bits per heavy atom. The highest BCUT2D eigenvalue weighted by molar-refractivity contribution is 5.94. The summed E-state index contributed by atoms with van der Waals surface area (Å²) in [4.78, 5) is 27.3. The van der Waals surface area contributed by atoms with Crippen molar-refractivity contribution in [3.63, 3.8) is 0 Å². The average molecular weight is 276 g/mol. The van der Waals surface area contributed by atoms with Crippen molar-refractivity contribution in [3.8, 4) is 5.75 Å². The van der Waals surface area contributed by atoms with E-state index in [0.717, 1.165) is 26.2 Å². The van der Waals surface area contributed by atoms with Crippen LogP contribution in [-0.4, -0.2) is 61.3 Å². The molecule has 0 bridgehead atoms. The van der Waals surface area contributed by atoms with Crippen molar-refractivity contribution in [2.75, 3.05) is 39.8 Å². The van der Waals surface area contributed by atoms with E-state index in [-0.39, 0.29) is 18.3 Å². The zero-order chi connectivity index (χ0) is 14.5. The molecule has 0 radical (unpaired) electrons. The van der Waals surface area contributed by atoms with Crippen LogP contribution < -0.4 is 4.74 Å². The Balaban J connectivity index is 1.87. The van der Waals surface area contributed by atoms with Crippen LogP contribution in [0.25, 0.3) is 0 Å². The highest BCUT2D eigenvalue weighted by Gasteiger charge is 2.19. The number of benzene rings is 1. The molecule has 5 nitrogen and oxygen atoms in total. The normalized spacial score (nSPS) is 16.0. The van der Waals surface area contributed by atoms with E-state index >= 15 is 0 Å². The molecule has 0 unspecified atom stereocenters. The fraction of sp³-hybridized carbons (Fsp3) is 0.467. The van der Waals surface area contributed by atoms with Crippen LogP contribution in [0.5, 0.6) is 5.75 Å². The summed E-state index contributed by atoms with van der Waals surface area (Å²) in [5, 5.41) is 0. The van der Waals surface area contributed by atoms with Gasteiger partial charge in [-0.25, -0.2) is 0 Å². The Bertz CT molecular complexity index is 494. The third-order valence-electron chi connectivity index (χ3n) is 3.46. The molecular formula is C15H20N2O3. The van der Waals surface area contributed by atoms with E-state index in [1.165, 1.54) is 6.92 Å². The quantitative estimate of drug-likeness (QED) is 0.771. The molecule has 1 aromatic rings. The summed E-state index contributed by atoms with van der Waals surface area (Å²) in [6, 6.07) is 6.91. The molecule has 1 aliphatic rings. The zero-order valence-corrected chi connectivity index (χ0v) is 12.0. The maximum atomic E-state index is 12.0. The van der Waals surface area contributed by atoms with Gasteiger partial charge in [0.25, 0.3) is 5.91 Å². The lowest BCUT2D eigenvalue weighted by molar-refractivity contribution is -0.134. The highest BCUT2D eigenvalue weighted by atomic mass is 16.5. The standard InChI is InChI=1S/C15H20N2O3/c1-12(18)13-4-3-5-14(10-13)20-11-15(19)17-8-6-16(2)7-9-17/h3-5,10H,6-9,11H2,1-2H3. The molecule has 1 amide bonds. The van der Waals surface area contributed by atoms with Crippen LogP contribution >= 0.6 is 0 Å². The molecular weight excluding hydrogens is 256 g/mol. The van der Waals surface area contributed by atoms with Crippen LogP contribution in [0.1, 0.15) is 17.3 Å². The van der Waals surface area contributed by atoms with E-state index in [9.17, 15) is 9.59 Å². The monoisotopic (exact) mass is 276 g/mol. The minimum atomic E-state index is -0.0131. The third kappa shape index (κ3) is 3.81. The van der Waals surface area contributed by atoms with Gasteiger partial charge in [0.2, 0.25) is 0 Å². The number of ketones is 1. The molecule has 0 aromatic heterocycles. The number of amides is 1. The molecule has 1 aromatic carbocycles. The van der Waals surface area contributed by atoms with Crippen molar-refractivity contribution < 1.29 is 14.3 Å². The second kappa shape index (κ2) is 6.52. The first-order valence-corrected chi connectivity index (χ1v) is 6.76. The van der Waals surface area contributed by atoms with Gasteiger partial charge in [0, 0.05) is 31.7 Å². The van der Waals surface area contributed by atoms with Crippen molar-refractivity contribution >= 4 is 11.7 Å². The van der Waals surface area contributed by atoms with Crippen LogP contribution in [0.4, 0.5) is 0 Å². The van der Waals surface area contributed by atoms with Crippen LogP contribution in [0.2, 0.25) is 0 Å². The van der Waals surface area contributed by atoms with Gasteiger partial charge >= 0.3 is 0 Å². The predicted molar refractivity (Wildman–Crippen MR) is 76.0 cm³/mol. The fourth-order valence-electron chi connectivity index (χ4n) is 2.10. The number of nitrogens with zero attached hydrogens (tertiary/aromatic N) is 2. The molecule has 1 aliphatic heterocycles. The smallest absolute Gasteiger partial charge is 0.260 e. The number of hydrogen-bond donors (Lipinski definition) is 0. The molecule has 0 N–H and O–H groups in total. The van der Waals surface area contributed by atoms with Gasteiger partial charge in [0.1, 0.15) is 5.75 Å². The van der Waals surface area contributed by atoms with Crippen molar-refractivity contribution in [1.82, 2.24) is 9.80 Å². The summed E-state index contributed by atoms with van der Waals surface area (Å²) in [7, 11) is 2.05. The number of Topliss-reactive ketones (excluding diaryl/α,β-unsaturated/α-hetero) is 1. The number of ether oxygens (including phenoxy) is 1. The van der Waals surface area contributed by atoms with Gasteiger partial charge in [-0.05, 0) is 26.1 Å². The molecule has 1 heterocycles. The fourth-order valence-corrected chi connectivity index (χ4v) is 2.10. The number of carbonyl (C=O) groups is 2. The molecule has 5 heteroatoms. The number of likely N-dealkylation sites (N-methyl/N-ethyl adjacent to an activating group) is 1. The second-order valence-electron chi connectivity index (χ2n) is 5.06. The summed E-state index contributed by atoms with van der Waals surface area (Å²) in [6.45, 7) is 4.80. The first-order chi connectivity index (χ1) is 9.56. The molecule has 0 aliphatic carbocycles. The average Bonchev–Trinajstić information content (AvgIpc) is 2.46. The predicted octanol–water partition coefficient (Wildman–Crippen LogP) is 1.04. The van der Waals surface area contributed by atoms with Crippen LogP contribution in [0.15, 0.2) is 24.3 Å². The molecule has 0 spiro atoms. The minimum absolute atomic E-state index is 0.00803. The number of hydrogen-bond acceptors (Lipinski definition) is 4. The lowest BCUT2D eigenvalue weighted by Gasteiger charge is -2.32. The lowest BCUT2D eigenvalue weighted by atomic mass is 10.1. The molecule has 0 saturated carbocycles. The van der Waals surface area contributed by atoms with E-state index in [4.69, 9.17) is 4.74 Å². The highest BCUT2D eigenvalue weighted by Crippen LogP contribution is 2.14. The molecule has 108 valence electrons. The molecule has 1 saturated heterocycles. The summed E-state index contributed by atoms with van der Waals surface area (Å²) in [5.74, 6) is 0.535. The van der Waals surface area contributed by atoms with E-state index in [2.05, 4.69) is 4.90 Å². The van der Waals surface area contributed by atoms with E-state index in [1.54, 1.807) is 24.3 Å². The van der Waals surface area contributed by atoms with Crippen LogP contribution in [0.3, 0.4) is 0 Å². The third-order valence-corrected chi connectivity index (χ3v) is 3.46. The van der Waals surface area contributed by atoms with Gasteiger partial charge in [-0.2, -0.15) is 0 Å². The summed E-state index contributed by atoms with van der Waals surface area (Å²) >= 11 is 0. The first kappa shape index (κ1) is 14.5. The largest absolute Gasteiger partial charge is 0.484 e. The summed E-state index contributed by atoms with van der Waals surface area (Å²) in [6.07, 6.45) is 0. The van der Waals surface area contributed by atoms with Gasteiger partial charge in [-0.1, -0.05) is 12.1 Å². The maximum Gasteiger partial charge on any atom is 0.260 e. The van der Waals surface area contributed by atoms with E-state index in [0.29, 0.717) is 11.3 Å². The molecule has 20 heavy (non-hydrogen) atoms. The van der Waals surface area contributed by atoms with Gasteiger partial charge in [-0.15, -0.1) is 0 Å². The van der Waals surface area contributed by atoms with Gasteiger partial charge in [0.05, 0.1) is 0 Å². The number of carbonyl (C=O) groups excluding carboxylic acids is 2. The van der Waals surface area contributed by atoms with Crippen molar-refractivity contribution in [3.05, 3.63) is 29.8 Å². The SMILES string of the molecule is CC(=O)c1cccc(OCC(=O)N2CCN(C)CC2)c1. The summed E-state index contributed by atoms with van der Waals surface area (Å²) in [5.41, 5.74) is 0.592. The van der Waals surface area contributed by atoms with Gasteiger partial charge in [0.15, 0.2) is 12.4 Å². The first-order valence-electron chi connectivity index (χ1n) is 6.76. The Labute approximate surface area is 119 Å². The second-order valence-corrected chi connectivity index (χ2v) is 5.06. The molecule has 2 rings (SSSR count). The molecule has 0 atom stereocenters. The maximum absolute atomic E-state index is 12.0. The Morgan fingerprint density at radius 1 is 1.20 bits per heavy atom. The van der Waals surface area contributed by atoms with E-state index in [1.807, 2.05) is 11.9 Å². The van der Waals surface area contributed by atoms with Gasteiger partial charge < -0.3 is 14.5 Å². The van der Waals surface area contributed by atoms with Crippen LogP contribution in [0, 0.1) is 0 Å². The van der Waals surface area contributed by atoms with Gasteiger partial charge in [-0.3, -0.25) is 9.59 Å². The lowest BCUT2D eigenvalue weighted by Crippen LogP contribution is -2.48. The number of rotatable bonds is 4. The van der Waals surface area contributed by atoms with Crippen molar-refractivity contribution in [2.24, 2.45) is 0 Å². The summed E-state index contributed by atoms with van der Waals surface area (Å²) < 4.78 is 5.48.